The molecule has 0 aliphatic carbocycles. The first-order valence-electron chi connectivity index (χ1n) is 6.64. The van der Waals surface area contributed by atoms with Crippen LogP contribution in [0, 0.1) is 0 Å². The topological polar surface area (TPSA) is 60.0 Å². The van der Waals surface area contributed by atoms with Crippen LogP contribution >= 0.6 is 0 Å². The first kappa shape index (κ1) is 15.2. The molecule has 2 N–H and O–H groups in total. The molecule has 19 heavy (non-hydrogen) atoms. The van der Waals surface area contributed by atoms with E-state index in [1.54, 1.807) is 29.5 Å². The lowest BCUT2D eigenvalue weighted by Crippen LogP contribution is -2.21. The number of hydrogen-bond donors (Lipinski definition) is 1. The van der Waals surface area contributed by atoms with Crippen molar-refractivity contribution in [2.75, 3.05) is 25.4 Å². The number of nitrogens with two attached hydrogens (primary N) is 1. The average Bonchev–Trinajstić information content (AvgIpc) is 2.89. The SMILES string of the molecule is CCN(CC)CC.Nc1cnn(-c2cccnc2)c1. The highest BCUT2D eigenvalue weighted by molar-refractivity contribution is 5.36. The fourth-order valence-electron chi connectivity index (χ4n) is 1.64. The highest BCUT2D eigenvalue weighted by Crippen LogP contribution is 2.06. The summed E-state index contributed by atoms with van der Waals surface area (Å²) >= 11 is 0. The van der Waals surface area contributed by atoms with Crippen LogP contribution in [0.2, 0.25) is 0 Å². The standard InChI is InChI=1S/C8H8N4.C6H15N/c9-7-4-11-12(6-7)8-2-1-3-10-5-8;1-4-7(5-2)6-3/h1-6H,9H2;4-6H2,1-3H3. The maximum Gasteiger partial charge on any atom is 0.0829 e. The summed E-state index contributed by atoms with van der Waals surface area (Å²) in [6.45, 7) is 10.1. The zero-order chi connectivity index (χ0) is 14.1. The lowest BCUT2D eigenvalue weighted by molar-refractivity contribution is 0.321. The molecule has 0 bridgehead atoms. The number of pyridine rings is 1. The van der Waals surface area contributed by atoms with Gasteiger partial charge >= 0.3 is 0 Å². The van der Waals surface area contributed by atoms with Crippen molar-refractivity contribution in [1.82, 2.24) is 19.7 Å². The molecular formula is C14H23N5. The molecule has 5 heteroatoms. The summed E-state index contributed by atoms with van der Waals surface area (Å²) in [6, 6.07) is 3.77. The first-order valence-corrected chi connectivity index (χ1v) is 6.64. The van der Waals surface area contributed by atoms with Crippen molar-refractivity contribution in [3.05, 3.63) is 36.9 Å². The van der Waals surface area contributed by atoms with E-state index in [-0.39, 0.29) is 0 Å². The van der Waals surface area contributed by atoms with Crippen molar-refractivity contribution >= 4 is 5.69 Å². The van der Waals surface area contributed by atoms with Gasteiger partial charge in [-0.2, -0.15) is 5.10 Å². The van der Waals surface area contributed by atoms with E-state index in [2.05, 4.69) is 35.8 Å². The quantitative estimate of drug-likeness (QED) is 0.916. The number of anilines is 1. The van der Waals surface area contributed by atoms with E-state index >= 15 is 0 Å². The van der Waals surface area contributed by atoms with Gasteiger partial charge in [0.1, 0.15) is 0 Å². The largest absolute Gasteiger partial charge is 0.396 e. The first-order chi connectivity index (χ1) is 9.21. The minimum absolute atomic E-state index is 0.652. The lowest BCUT2D eigenvalue weighted by atomic mass is 10.4. The summed E-state index contributed by atoms with van der Waals surface area (Å²) in [5, 5.41) is 4.04. The van der Waals surface area contributed by atoms with Crippen LogP contribution < -0.4 is 5.73 Å². The van der Waals surface area contributed by atoms with Crippen molar-refractivity contribution in [1.29, 1.82) is 0 Å². The van der Waals surface area contributed by atoms with Crippen LogP contribution in [0.25, 0.3) is 5.69 Å². The number of aromatic nitrogens is 3. The molecule has 104 valence electrons. The second-order valence-corrected chi connectivity index (χ2v) is 4.05. The van der Waals surface area contributed by atoms with Crippen LogP contribution in [-0.4, -0.2) is 39.3 Å². The zero-order valence-corrected chi connectivity index (χ0v) is 12.0. The number of nitrogen functional groups attached to an aromatic ring is 1. The number of nitrogens with zero attached hydrogens (tertiary/aromatic N) is 4. The molecule has 0 saturated carbocycles. The fraction of sp³-hybridized carbons (Fsp3) is 0.429. The van der Waals surface area contributed by atoms with Crippen LogP contribution in [-0.2, 0) is 0 Å². The van der Waals surface area contributed by atoms with Gasteiger partial charge in [0.25, 0.3) is 0 Å². The third-order valence-corrected chi connectivity index (χ3v) is 2.85. The van der Waals surface area contributed by atoms with Gasteiger partial charge < -0.3 is 10.6 Å². The lowest BCUT2D eigenvalue weighted by Gasteiger charge is -2.13. The van der Waals surface area contributed by atoms with Gasteiger partial charge in [-0.05, 0) is 31.8 Å². The summed E-state index contributed by atoms with van der Waals surface area (Å²) in [5.74, 6) is 0. The Kier molecular flexibility index (Phi) is 6.60. The smallest absolute Gasteiger partial charge is 0.0829 e. The van der Waals surface area contributed by atoms with E-state index in [1.165, 1.54) is 19.6 Å². The number of hydrogen-bond acceptors (Lipinski definition) is 4. The summed E-state index contributed by atoms with van der Waals surface area (Å²) < 4.78 is 1.68. The van der Waals surface area contributed by atoms with Crippen molar-refractivity contribution in [3.8, 4) is 5.69 Å². The highest BCUT2D eigenvalue weighted by Gasteiger charge is 1.95. The molecule has 0 aliphatic rings. The molecule has 2 aromatic rings. The molecule has 0 radical (unpaired) electrons. The Morgan fingerprint density at radius 1 is 1.16 bits per heavy atom. The molecule has 0 fully saturated rings. The van der Waals surface area contributed by atoms with Gasteiger partial charge in [-0.3, -0.25) is 4.98 Å². The van der Waals surface area contributed by atoms with Crippen LogP contribution in [0.1, 0.15) is 20.8 Å². The Balaban J connectivity index is 0.000000224. The molecule has 0 saturated heterocycles. The van der Waals surface area contributed by atoms with Gasteiger partial charge in [-0.1, -0.05) is 20.8 Å². The van der Waals surface area contributed by atoms with Gasteiger partial charge in [-0.25, -0.2) is 4.68 Å². The summed E-state index contributed by atoms with van der Waals surface area (Å²) in [5.41, 5.74) is 7.08. The van der Waals surface area contributed by atoms with Crippen LogP contribution in [0.3, 0.4) is 0 Å². The van der Waals surface area contributed by atoms with Crippen molar-refractivity contribution in [2.45, 2.75) is 20.8 Å². The Morgan fingerprint density at radius 3 is 2.21 bits per heavy atom. The minimum Gasteiger partial charge on any atom is -0.396 e. The average molecular weight is 261 g/mol. The van der Waals surface area contributed by atoms with Crippen molar-refractivity contribution in [2.24, 2.45) is 0 Å². The molecule has 0 aromatic carbocycles. The van der Waals surface area contributed by atoms with E-state index in [4.69, 9.17) is 5.73 Å². The summed E-state index contributed by atoms with van der Waals surface area (Å²) in [4.78, 5) is 6.34. The predicted octanol–water partition coefficient (Wildman–Crippen LogP) is 2.20. The predicted molar refractivity (Wildman–Crippen MR) is 79.2 cm³/mol. The van der Waals surface area contributed by atoms with E-state index < -0.39 is 0 Å². The van der Waals surface area contributed by atoms with Crippen molar-refractivity contribution < 1.29 is 0 Å². The van der Waals surface area contributed by atoms with Crippen LogP contribution in [0.15, 0.2) is 36.9 Å². The molecule has 0 amide bonds. The Morgan fingerprint density at radius 2 is 1.84 bits per heavy atom. The van der Waals surface area contributed by atoms with Gasteiger partial charge in [0, 0.05) is 6.20 Å². The highest BCUT2D eigenvalue weighted by atomic mass is 15.3. The second kappa shape index (κ2) is 8.26. The van der Waals surface area contributed by atoms with E-state index in [9.17, 15) is 0 Å². The van der Waals surface area contributed by atoms with Gasteiger partial charge in [0.05, 0.1) is 30.0 Å². The van der Waals surface area contributed by atoms with Crippen LogP contribution in [0.5, 0.6) is 0 Å². The van der Waals surface area contributed by atoms with E-state index in [0.29, 0.717) is 5.69 Å². The van der Waals surface area contributed by atoms with Crippen LogP contribution in [0.4, 0.5) is 5.69 Å². The molecule has 0 spiro atoms. The molecule has 0 unspecified atom stereocenters. The van der Waals surface area contributed by atoms with E-state index in [0.717, 1.165) is 5.69 Å². The monoisotopic (exact) mass is 261 g/mol. The molecule has 0 aliphatic heterocycles. The Bertz CT molecular complexity index is 442. The summed E-state index contributed by atoms with van der Waals surface area (Å²) in [7, 11) is 0. The van der Waals surface area contributed by atoms with E-state index in [1.807, 2.05) is 12.1 Å². The molecule has 5 nitrogen and oxygen atoms in total. The number of rotatable bonds is 4. The summed E-state index contributed by atoms with van der Waals surface area (Å²) in [6.07, 6.45) is 6.80. The second-order valence-electron chi connectivity index (χ2n) is 4.05. The van der Waals surface area contributed by atoms with Gasteiger partial charge in [0.15, 0.2) is 0 Å². The normalized spacial score (nSPS) is 10.1. The molecule has 2 rings (SSSR count). The van der Waals surface area contributed by atoms with Gasteiger partial charge in [0.2, 0.25) is 0 Å². The van der Waals surface area contributed by atoms with Gasteiger partial charge in [-0.15, -0.1) is 0 Å². The Labute approximate surface area is 115 Å². The zero-order valence-electron chi connectivity index (χ0n) is 12.0. The molecule has 2 heterocycles. The molecule has 0 atom stereocenters. The maximum absolute atomic E-state index is 5.51. The fourth-order valence-corrected chi connectivity index (χ4v) is 1.64. The third-order valence-electron chi connectivity index (χ3n) is 2.85. The molecular weight excluding hydrogens is 238 g/mol. The molecule has 2 aromatic heterocycles. The van der Waals surface area contributed by atoms with Crippen molar-refractivity contribution in [3.63, 3.8) is 0 Å². The maximum atomic E-state index is 5.51. The Hall–Kier alpha value is -1.88. The minimum atomic E-state index is 0.652. The third kappa shape index (κ3) is 5.09.